The molecule has 1 unspecified atom stereocenters. The third-order valence-electron chi connectivity index (χ3n) is 2.59. The van der Waals surface area contributed by atoms with Crippen molar-refractivity contribution < 1.29 is 14.7 Å². The number of ether oxygens (including phenoxy) is 1. The van der Waals surface area contributed by atoms with Crippen molar-refractivity contribution in [3.8, 4) is 0 Å². The minimum absolute atomic E-state index is 0.132. The molecule has 0 fully saturated rings. The molecular formula is C11H23NO3. The van der Waals surface area contributed by atoms with Gasteiger partial charge >= 0.3 is 0 Å². The first-order valence-electron chi connectivity index (χ1n) is 5.31. The number of carbonyl (C=O) groups excluding carboxylic acids is 1. The fourth-order valence-corrected chi connectivity index (χ4v) is 1.48. The van der Waals surface area contributed by atoms with Gasteiger partial charge in [0.25, 0.3) is 6.47 Å². The lowest BCUT2D eigenvalue weighted by molar-refractivity contribution is -0.159. The predicted octanol–water partition coefficient (Wildman–Crippen LogP) is 2.06. The Bertz CT molecular complexity index is 190. The minimum atomic E-state index is -0.386. The summed E-state index contributed by atoms with van der Waals surface area (Å²) in [6.07, 6.45) is 1.31. The maximum atomic E-state index is 10.4. The van der Waals surface area contributed by atoms with Gasteiger partial charge in [0, 0.05) is 19.0 Å². The van der Waals surface area contributed by atoms with E-state index in [9.17, 15) is 10.0 Å². The van der Waals surface area contributed by atoms with Gasteiger partial charge in [0.15, 0.2) is 0 Å². The molecule has 0 aliphatic rings. The van der Waals surface area contributed by atoms with Gasteiger partial charge in [0.05, 0.1) is 0 Å². The van der Waals surface area contributed by atoms with Crippen molar-refractivity contribution in [2.45, 2.75) is 52.2 Å². The summed E-state index contributed by atoms with van der Waals surface area (Å²) in [7, 11) is 1.60. The van der Waals surface area contributed by atoms with Crippen molar-refractivity contribution in [1.82, 2.24) is 5.06 Å². The van der Waals surface area contributed by atoms with Crippen LogP contribution in [-0.4, -0.2) is 35.4 Å². The largest absolute Gasteiger partial charge is 0.465 e. The molecule has 90 valence electrons. The maximum Gasteiger partial charge on any atom is 0.293 e. The van der Waals surface area contributed by atoms with Crippen molar-refractivity contribution in [2.24, 2.45) is 5.92 Å². The van der Waals surface area contributed by atoms with E-state index >= 15 is 0 Å². The van der Waals surface area contributed by atoms with Gasteiger partial charge in [-0.25, -0.2) is 0 Å². The smallest absolute Gasteiger partial charge is 0.293 e. The van der Waals surface area contributed by atoms with Crippen molar-refractivity contribution in [2.75, 3.05) is 7.05 Å². The Kier molecular flexibility index (Phi) is 5.83. The van der Waals surface area contributed by atoms with E-state index < -0.39 is 0 Å². The quantitative estimate of drug-likeness (QED) is 0.524. The second-order valence-electron chi connectivity index (χ2n) is 5.02. The van der Waals surface area contributed by atoms with Crippen LogP contribution in [-0.2, 0) is 9.53 Å². The summed E-state index contributed by atoms with van der Waals surface area (Å²) in [6.45, 7) is 8.47. The average Bonchev–Trinajstić information content (AvgIpc) is 2.01. The van der Waals surface area contributed by atoms with Gasteiger partial charge in [0.1, 0.15) is 6.10 Å². The average molecular weight is 217 g/mol. The first-order valence-corrected chi connectivity index (χ1v) is 5.31. The Morgan fingerprint density at radius 2 is 2.00 bits per heavy atom. The third kappa shape index (κ3) is 5.74. The molecule has 0 saturated carbocycles. The van der Waals surface area contributed by atoms with Crippen LogP contribution in [0.25, 0.3) is 0 Å². The van der Waals surface area contributed by atoms with Crippen LogP contribution in [0.15, 0.2) is 0 Å². The third-order valence-corrected chi connectivity index (χ3v) is 2.59. The number of nitrogens with zero attached hydrogens (tertiary/aromatic N) is 1. The van der Waals surface area contributed by atoms with Crippen LogP contribution in [0.3, 0.4) is 0 Å². The number of rotatable bonds is 7. The van der Waals surface area contributed by atoms with Crippen LogP contribution >= 0.6 is 0 Å². The molecular weight excluding hydrogens is 194 g/mol. The van der Waals surface area contributed by atoms with Gasteiger partial charge < -0.3 is 9.94 Å². The van der Waals surface area contributed by atoms with E-state index in [4.69, 9.17) is 4.74 Å². The maximum absolute atomic E-state index is 10.4. The van der Waals surface area contributed by atoms with Gasteiger partial charge in [-0.1, -0.05) is 13.8 Å². The highest BCUT2D eigenvalue weighted by Crippen LogP contribution is 2.22. The van der Waals surface area contributed by atoms with Crippen molar-refractivity contribution in [3.63, 3.8) is 0 Å². The zero-order valence-electron chi connectivity index (χ0n) is 10.4. The lowest BCUT2D eigenvalue weighted by atomic mass is 9.92. The summed E-state index contributed by atoms with van der Waals surface area (Å²) in [6, 6.07) is 0. The summed E-state index contributed by atoms with van der Waals surface area (Å²) in [5.41, 5.74) is -0.386. The van der Waals surface area contributed by atoms with Crippen molar-refractivity contribution in [3.05, 3.63) is 0 Å². The van der Waals surface area contributed by atoms with E-state index in [0.29, 0.717) is 18.8 Å². The molecule has 15 heavy (non-hydrogen) atoms. The molecule has 0 aromatic rings. The highest BCUT2D eigenvalue weighted by Gasteiger charge is 2.28. The highest BCUT2D eigenvalue weighted by atomic mass is 16.5. The van der Waals surface area contributed by atoms with Gasteiger partial charge in [-0.05, 0) is 26.2 Å². The first-order chi connectivity index (χ1) is 6.79. The summed E-state index contributed by atoms with van der Waals surface area (Å²) in [4.78, 5) is 10.4. The normalized spacial score (nSPS) is 14.4. The van der Waals surface area contributed by atoms with Crippen LogP contribution in [0.5, 0.6) is 0 Å². The Morgan fingerprint density at radius 1 is 1.47 bits per heavy atom. The molecule has 0 spiro atoms. The Hall–Kier alpha value is -0.610. The van der Waals surface area contributed by atoms with E-state index in [1.54, 1.807) is 7.05 Å². The molecule has 0 aromatic carbocycles. The van der Waals surface area contributed by atoms with Gasteiger partial charge in [0.2, 0.25) is 0 Å². The van der Waals surface area contributed by atoms with Crippen LogP contribution in [0, 0.1) is 5.92 Å². The molecule has 0 bridgehead atoms. The molecule has 0 amide bonds. The van der Waals surface area contributed by atoms with Gasteiger partial charge in [-0.15, -0.1) is 0 Å². The highest BCUT2D eigenvalue weighted by molar-refractivity contribution is 5.37. The molecule has 4 heteroatoms. The summed E-state index contributed by atoms with van der Waals surface area (Å²) < 4.78 is 5.02. The van der Waals surface area contributed by atoms with Crippen LogP contribution < -0.4 is 0 Å². The molecule has 0 aromatic heterocycles. The second-order valence-corrected chi connectivity index (χ2v) is 5.02. The van der Waals surface area contributed by atoms with E-state index in [2.05, 4.69) is 13.8 Å². The Morgan fingerprint density at radius 3 is 2.33 bits per heavy atom. The Balaban J connectivity index is 4.32. The second kappa shape index (κ2) is 6.08. The molecule has 0 saturated heterocycles. The lowest BCUT2D eigenvalue weighted by Gasteiger charge is -2.33. The van der Waals surface area contributed by atoms with E-state index in [1.807, 2.05) is 13.8 Å². The monoisotopic (exact) mass is 217 g/mol. The molecule has 0 radical (unpaired) electrons. The summed E-state index contributed by atoms with van der Waals surface area (Å²) in [5, 5.41) is 10.6. The standard InChI is InChI=1S/C11H23NO3/c1-9(2)6-10(15-8-13)7-11(3,4)12(5)14/h8-10,14H,6-7H2,1-5H3. The van der Waals surface area contributed by atoms with Gasteiger partial charge in [-0.3, -0.25) is 4.79 Å². The first kappa shape index (κ1) is 14.4. The minimum Gasteiger partial charge on any atom is -0.465 e. The summed E-state index contributed by atoms with van der Waals surface area (Å²) >= 11 is 0. The molecule has 1 atom stereocenters. The van der Waals surface area contributed by atoms with Crippen molar-refractivity contribution >= 4 is 6.47 Å². The lowest BCUT2D eigenvalue weighted by Crippen LogP contribution is -2.42. The topological polar surface area (TPSA) is 49.8 Å². The van der Waals surface area contributed by atoms with E-state index in [1.165, 1.54) is 0 Å². The molecule has 0 aliphatic carbocycles. The molecule has 1 N–H and O–H groups in total. The number of hydrogen-bond donors (Lipinski definition) is 1. The molecule has 0 rings (SSSR count). The predicted molar refractivity (Wildman–Crippen MR) is 58.6 cm³/mol. The zero-order valence-corrected chi connectivity index (χ0v) is 10.4. The van der Waals surface area contributed by atoms with Crippen LogP contribution in [0.2, 0.25) is 0 Å². The number of hydroxylamine groups is 2. The Labute approximate surface area is 92.2 Å². The van der Waals surface area contributed by atoms with E-state index in [-0.39, 0.29) is 11.6 Å². The van der Waals surface area contributed by atoms with Crippen LogP contribution in [0.4, 0.5) is 0 Å². The fraction of sp³-hybridized carbons (Fsp3) is 0.909. The molecule has 4 nitrogen and oxygen atoms in total. The fourth-order valence-electron chi connectivity index (χ4n) is 1.48. The van der Waals surface area contributed by atoms with Crippen LogP contribution in [0.1, 0.15) is 40.5 Å². The zero-order chi connectivity index (χ0) is 12.1. The van der Waals surface area contributed by atoms with Gasteiger partial charge in [-0.2, -0.15) is 5.06 Å². The molecule has 0 heterocycles. The number of carbonyl (C=O) groups is 1. The van der Waals surface area contributed by atoms with Crippen molar-refractivity contribution in [1.29, 1.82) is 0 Å². The SMILES string of the molecule is CC(C)CC(CC(C)(C)N(C)O)OC=O. The summed E-state index contributed by atoms with van der Waals surface area (Å²) in [5.74, 6) is 0.467. The number of hydrogen-bond acceptors (Lipinski definition) is 4. The molecule has 0 aliphatic heterocycles. The van der Waals surface area contributed by atoms with E-state index in [0.717, 1.165) is 11.5 Å².